The van der Waals surface area contributed by atoms with Gasteiger partial charge < -0.3 is 10.2 Å². The molecule has 0 bridgehead atoms. The molecule has 0 aromatic heterocycles. The zero-order valence-corrected chi connectivity index (χ0v) is 20.9. The van der Waals surface area contributed by atoms with Crippen LogP contribution in [-0.4, -0.2) is 28.8 Å². The van der Waals surface area contributed by atoms with Crippen LogP contribution in [0.2, 0.25) is 20.1 Å². The predicted octanol–water partition coefficient (Wildman–Crippen LogP) is 6.71. The van der Waals surface area contributed by atoms with Crippen molar-refractivity contribution in [1.82, 2.24) is 10.2 Å². The van der Waals surface area contributed by atoms with E-state index in [0.717, 1.165) is 31.2 Å². The summed E-state index contributed by atoms with van der Waals surface area (Å²) in [6, 6.07) is 9.71. The Bertz CT molecular complexity index is 976. The van der Waals surface area contributed by atoms with Crippen LogP contribution in [0.3, 0.4) is 0 Å². The number of amides is 2. The smallest absolute Gasteiger partial charge is 0.243 e. The fourth-order valence-electron chi connectivity index (χ4n) is 4.05. The highest BCUT2D eigenvalue weighted by Gasteiger charge is 2.31. The molecule has 2 aromatic rings. The van der Waals surface area contributed by atoms with E-state index in [0.29, 0.717) is 32.1 Å². The summed E-state index contributed by atoms with van der Waals surface area (Å²) >= 11 is 24.7. The number of benzene rings is 2. The van der Waals surface area contributed by atoms with Crippen molar-refractivity contribution < 1.29 is 9.59 Å². The number of halogens is 4. The molecule has 0 saturated heterocycles. The molecule has 4 nitrogen and oxygen atoms in total. The highest BCUT2D eigenvalue weighted by Crippen LogP contribution is 2.26. The van der Waals surface area contributed by atoms with E-state index in [2.05, 4.69) is 5.32 Å². The lowest BCUT2D eigenvalue weighted by molar-refractivity contribution is -0.141. The summed E-state index contributed by atoms with van der Waals surface area (Å²) in [7, 11) is 0. The summed E-state index contributed by atoms with van der Waals surface area (Å²) < 4.78 is 0. The van der Waals surface area contributed by atoms with E-state index in [1.807, 2.05) is 6.92 Å². The fraction of sp³-hybridized carbons (Fsp3) is 0.417. The van der Waals surface area contributed by atoms with Crippen molar-refractivity contribution in [1.29, 1.82) is 0 Å². The summed E-state index contributed by atoms with van der Waals surface area (Å²) in [5, 5.41) is 5.00. The van der Waals surface area contributed by atoms with Gasteiger partial charge in [0.25, 0.3) is 0 Å². The van der Waals surface area contributed by atoms with Gasteiger partial charge in [-0.15, -0.1) is 0 Å². The van der Waals surface area contributed by atoms with E-state index >= 15 is 0 Å². The summed E-state index contributed by atoms with van der Waals surface area (Å²) in [5.41, 5.74) is 1.37. The quantitative estimate of drug-likeness (QED) is 0.424. The Kier molecular flexibility index (Phi) is 9.13. The van der Waals surface area contributed by atoms with Gasteiger partial charge in [0, 0.05) is 32.7 Å². The molecule has 1 fully saturated rings. The average Bonchev–Trinajstić information content (AvgIpc) is 3.24. The number of rotatable bonds is 8. The van der Waals surface area contributed by atoms with Crippen LogP contribution in [0.1, 0.15) is 50.2 Å². The molecule has 0 unspecified atom stereocenters. The van der Waals surface area contributed by atoms with Gasteiger partial charge in [-0.2, -0.15) is 0 Å². The maximum absolute atomic E-state index is 13.5. The van der Waals surface area contributed by atoms with Crippen molar-refractivity contribution in [3.05, 3.63) is 67.6 Å². The first-order valence-corrected chi connectivity index (χ1v) is 12.3. The standard InChI is InChI=1S/C24H26Cl4N2O2/c1-2-22(24(32)29-19-5-3-4-6-19)30(14-16-8-10-18(26)13-21(16)28)23(31)11-15-7-9-17(25)12-20(15)27/h7-10,12-13,19,22H,2-6,11,14H2,1H3,(H,29,32)/t22-/m0/s1. The molecule has 8 heteroatoms. The number of nitrogens with zero attached hydrogens (tertiary/aromatic N) is 1. The molecule has 1 aliphatic carbocycles. The van der Waals surface area contributed by atoms with Gasteiger partial charge in [-0.05, 0) is 54.7 Å². The maximum Gasteiger partial charge on any atom is 0.243 e. The lowest BCUT2D eigenvalue weighted by Crippen LogP contribution is -2.51. The van der Waals surface area contributed by atoms with Crippen molar-refractivity contribution in [2.75, 3.05) is 0 Å². The minimum atomic E-state index is -0.624. The monoisotopic (exact) mass is 514 g/mol. The van der Waals surface area contributed by atoms with E-state index in [1.54, 1.807) is 41.3 Å². The third-order valence-electron chi connectivity index (χ3n) is 5.80. The average molecular weight is 516 g/mol. The Morgan fingerprint density at radius 1 is 0.969 bits per heavy atom. The number of hydrogen-bond donors (Lipinski definition) is 1. The first-order valence-electron chi connectivity index (χ1n) is 10.8. The number of nitrogens with one attached hydrogen (secondary N) is 1. The number of hydrogen-bond acceptors (Lipinski definition) is 2. The molecule has 172 valence electrons. The minimum Gasteiger partial charge on any atom is -0.352 e. The number of carbonyl (C=O) groups is 2. The Hall–Kier alpha value is -1.46. The van der Waals surface area contributed by atoms with Crippen molar-refractivity contribution in [3.63, 3.8) is 0 Å². The second-order valence-electron chi connectivity index (χ2n) is 8.08. The van der Waals surface area contributed by atoms with Gasteiger partial charge in [-0.25, -0.2) is 0 Å². The summed E-state index contributed by atoms with van der Waals surface area (Å²) in [4.78, 5) is 28.2. The van der Waals surface area contributed by atoms with E-state index in [4.69, 9.17) is 46.4 Å². The Morgan fingerprint density at radius 2 is 1.53 bits per heavy atom. The van der Waals surface area contributed by atoms with E-state index in [1.165, 1.54) is 0 Å². The molecule has 2 aromatic carbocycles. The molecule has 0 aliphatic heterocycles. The SMILES string of the molecule is CC[C@@H](C(=O)NC1CCCC1)N(Cc1ccc(Cl)cc1Cl)C(=O)Cc1ccc(Cl)cc1Cl. The largest absolute Gasteiger partial charge is 0.352 e. The molecule has 1 atom stereocenters. The molecular formula is C24H26Cl4N2O2. The van der Waals surface area contributed by atoms with Gasteiger partial charge in [-0.3, -0.25) is 9.59 Å². The lowest BCUT2D eigenvalue weighted by atomic mass is 10.1. The first kappa shape index (κ1) is 25.2. The molecule has 0 spiro atoms. The molecule has 1 N–H and O–H groups in total. The van der Waals surface area contributed by atoms with Gasteiger partial charge in [0.05, 0.1) is 6.42 Å². The first-order chi connectivity index (χ1) is 15.3. The maximum atomic E-state index is 13.5. The van der Waals surface area contributed by atoms with E-state index in [9.17, 15) is 9.59 Å². The summed E-state index contributed by atoms with van der Waals surface area (Å²) in [6.07, 6.45) is 4.69. The minimum absolute atomic E-state index is 0.0500. The third kappa shape index (κ3) is 6.54. The van der Waals surface area contributed by atoms with Gasteiger partial charge >= 0.3 is 0 Å². The lowest BCUT2D eigenvalue weighted by Gasteiger charge is -2.32. The van der Waals surface area contributed by atoms with Crippen molar-refractivity contribution in [2.24, 2.45) is 0 Å². The Labute approximate surface area is 209 Å². The Balaban J connectivity index is 1.87. The van der Waals surface area contributed by atoms with Gasteiger partial charge in [-0.1, -0.05) is 78.3 Å². The molecule has 1 aliphatic rings. The van der Waals surface area contributed by atoms with Gasteiger partial charge in [0.15, 0.2) is 0 Å². The molecule has 0 radical (unpaired) electrons. The molecule has 32 heavy (non-hydrogen) atoms. The molecular weight excluding hydrogens is 490 g/mol. The zero-order chi connectivity index (χ0) is 23.3. The number of carbonyl (C=O) groups excluding carboxylic acids is 2. The van der Waals surface area contributed by atoms with E-state index in [-0.39, 0.29) is 30.8 Å². The molecule has 3 rings (SSSR count). The zero-order valence-electron chi connectivity index (χ0n) is 17.8. The highest BCUT2D eigenvalue weighted by molar-refractivity contribution is 6.35. The van der Waals surface area contributed by atoms with Crippen LogP contribution in [0.15, 0.2) is 36.4 Å². The van der Waals surface area contributed by atoms with E-state index < -0.39 is 6.04 Å². The van der Waals surface area contributed by atoms with Gasteiger partial charge in [0.2, 0.25) is 11.8 Å². The Morgan fingerprint density at radius 3 is 2.06 bits per heavy atom. The molecule has 1 saturated carbocycles. The van der Waals surface area contributed by atoms with Crippen molar-refractivity contribution in [3.8, 4) is 0 Å². The van der Waals surface area contributed by atoms with Gasteiger partial charge in [0.1, 0.15) is 6.04 Å². The molecule has 2 amide bonds. The van der Waals surface area contributed by atoms with Crippen LogP contribution in [0.5, 0.6) is 0 Å². The van der Waals surface area contributed by atoms with Crippen LogP contribution < -0.4 is 5.32 Å². The molecule has 0 heterocycles. The fourth-order valence-corrected chi connectivity index (χ4v) is 4.99. The second kappa shape index (κ2) is 11.6. The van der Waals surface area contributed by atoms with Crippen molar-refractivity contribution >= 4 is 58.2 Å². The topological polar surface area (TPSA) is 49.4 Å². The predicted molar refractivity (Wildman–Crippen MR) is 132 cm³/mol. The van der Waals surface area contributed by atoms with Crippen molar-refractivity contribution in [2.45, 2.75) is 64.1 Å². The second-order valence-corrected chi connectivity index (χ2v) is 9.77. The van der Waals surface area contributed by atoms with Crippen LogP contribution >= 0.6 is 46.4 Å². The van der Waals surface area contributed by atoms with Crippen LogP contribution in [0, 0.1) is 0 Å². The van der Waals surface area contributed by atoms with Crippen LogP contribution in [-0.2, 0) is 22.6 Å². The van der Waals surface area contributed by atoms with Crippen LogP contribution in [0.4, 0.5) is 0 Å². The van der Waals surface area contributed by atoms with Crippen LogP contribution in [0.25, 0.3) is 0 Å². The highest BCUT2D eigenvalue weighted by atomic mass is 35.5. The third-order valence-corrected chi connectivity index (χ3v) is 6.97. The normalized spacial score (nSPS) is 14.9. The summed E-state index contributed by atoms with van der Waals surface area (Å²) in [5.74, 6) is -0.353. The summed E-state index contributed by atoms with van der Waals surface area (Å²) in [6.45, 7) is 2.09.